The molecule has 0 radical (unpaired) electrons. The largest absolute Gasteiger partial charge is 0.451 e. The molecule has 3 aromatic rings. The summed E-state index contributed by atoms with van der Waals surface area (Å²) in [6.07, 6.45) is 3.33. The van der Waals surface area contributed by atoms with Crippen molar-refractivity contribution in [3.8, 4) is 0 Å². The molecule has 2 N–H and O–H groups in total. The molecule has 0 bridgehead atoms. The van der Waals surface area contributed by atoms with Crippen LogP contribution in [0.25, 0.3) is 10.9 Å². The maximum Gasteiger partial charge on any atom is 0.451 e. The molecule has 1 fully saturated rings. The van der Waals surface area contributed by atoms with E-state index >= 15 is 0 Å². The average molecular weight is 490 g/mol. The zero-order valence-electron chi connectivity index (χ0n) is 20.2. The summed E-state index contributed by atoms with van der Waals surface area (Å²) in [5.74, 6) is -0.595. The summed E-state index contributed by atoms with van der Waals surface area (Å²) >= 11 is 0. The van der Waals surface area contributed by atoms with Crippen LogP contribution >= 0.6 is 0 Å². The fourth-order valence-corrected chi connectivity index (χ4v) is 4.71. The van der Waals surface area contributed by atoms with Crippen LogP contribution in [0.2, 0.25) is 0 Å². The highest BCUT2D eigenvalue weighted by atomic mass is 19.4. The number of halogens is 3. The molecule has 0 unspecified atom stereocenters. The monoisotopic (exact) mass is 489 g/mol. The summed E-state index contributed by atoms with van der Waals surface area (Å²) in [6.45, 7) is 7.71. The zero-order valence-corrected chi connectivity index (χ0v) is 20.2. The number of amides is 1. The molecule has 1 aromatic carbocycles. The highest BCUT2D eigenvalue weighted by molar-refractivity contribution is 6.05. The zero-order chi connectivity index (χ0) is 25.5. The van der Waals surface area contributed by atoms with E-state index in [-0.39, 0.29) is 5.56 Å². The average Bonchev–Trinajstić information content (AvgIpc) is 3.20. The first-order valence-electron chi connectivity index (χ1n) is 11.8. The van der Waals surface area contributed by atoms with Crippen molar-refractivity contribution >= 4 is 22.5 Å². The van der Waals surface area contributed by atoms with Gasteiger partial charge in [-0.3, -0.25) is 9.48 Å². The first kappa shape index (κ1) is 25.1. The molecule has 4 rings (SSSR count). The van der Waals surface area contributed by atoms with Crippen LogP contribution in [0.4, 0.5) is 18.9 Å². The highest BCUT2D eigenvalue weighted by Gasteiger charge is 2.34. The van der Waals surface area contributed by atoms with Crippen LogP contribution in [0.15, 0.2) is 30.7 Å². The Morgan fingerprint density at radius 3 is 2.29 bits per heavy atom. The lowest BCUT2D eigenvalue weighted by molar-refractivity contribution is -0.145. The number of carbonyl (C=O) groups excluding carboxylic acids is 1. The number of nitrogens with one attached hydrogen (secondary N) is 1. The van der Waals surface area contributed by atoms with Crippen molar-refractivity contribution in [3.63, 3.8) is 0 Å². The number of hydrogen-bond donors (Lipinski definition) is 2. The van der Waals surface area contributed by atoms with Crippen molar-refractivity contribution in [1.29, 1.82) is 0 Å². The van der Waals surface area contributed by atoms with E-state index in [2.05, 4.69) is 29.1 Å². The van der Waals surface area contributed by atoms with E-state index in [1.165, 1.54) is 0 Å². The van der Waals surface area contributed by atoms with Gasteiger partial charge in [-0.15, -0.1) is 0 Å². The van der Waals surface area contributed by atoms with E-state index in [1.54, 1.807) is 26.0 Å². The van der Waals surface area contributed by atoms with Crippen molar-refractivity contribution in [2.24, 2.45) is 11.8 Å². The second kappa shape index (κ2) is 9.22. The van der Waals surface area contributed by atoms with Gasteiger partial charge >= 0.3 is 6.18 Å². The van der Waals surface area contributed by atoms with Gasteiger partial charge in [-0.1, -0.05) is 13.8 Å². The second-order valence-corrected chi connectivity index (χ2v) is 10.2. The molecule has 0 saturated heterocycles. The van der Waals surface area contributed by atoms with Crippen LogP contribution in [0.5, 0.6) is 0 Å². The molecule has 1 aliphatic carbocycles. The molecule has 0 aliphatic heterocycles. The van der Waals surface area contributed by atoms with Gasteiger partial charge in [0.25, 0.3) is 5.91 Å². The molecule has 1 saturated carbocycles. The first-order chi connectivity index (χ1) is 16.3. The molecule has 1 aliphatic rings. The maximum absolute atomic E-state index is 12.8. The molecule has 1 amide bonds. The van der Waals surface area contributed by atoms with Gasteiger partial charge in [0.1, 0.15) is 0 Å². The number of aromatic nitrogens is 4. The highest BCUT2D eigenvalue weighted by Crippen LogP contribution is 2.37. The van der Waals surface area contributed by atoms with Gasteiger partial charge in [0.15, 0.2) is 0 Å². The molecule has 188 valence electrons. The van der Waals surface area contributed by atoms with Crippen LogP contribution < -0.4 is 5.32 Å². The van der Waals surface area contributed by atoms with Crippen LogP contribution in [0.3, 0.4) is 0 Å². The van der Waals surface area contributed by atoms with Gasteiger partial charge in [0.05, 0.1) is 22.7 Å². The Hall–Kier alpha value is -3.01. The minimum absolute atomic E-state index is 0.127. The fraction of sp³-hybridized carbons (Fsp3) is 0.520. The Morgan fingerprint density at radius 1 is 1.11 bits per heavy atom. The number of fused-ring (bicyclic) bond motifs is 1. The minimum Gasteiger partial charge on any atom is -0.386 e. The Kier molecular flexibility index (Phi) is 6.61. The lowest BCUT2D eigenvalue weighted by Gasteiger charge is -2.30. The van der Waals surface area contributed by atoms with Gasteiger partial charge in [-0.25, -0.2) is 9.97 Å². The summed E-state index contributed by atoms with van der Waals surface area (Å²) in [5, 5.41) is 19.0. The van der Waals surface area contributed by atoms with E-state index in [0.29, 0.717) is 28.7 Å². The number of hydrogen-bond acceptors (Lipinski definition) is 5. The lowest BCUT2D eigenvalue weighted by Crippen LogP contribution is -2.21. The van der Waals surface area contributed by atoms with E-state index in [4.69, 9.17) is 5.10 Å². The number of rotatable bonds is 5. The van der Waals surface area contributed by atoms with Crippen molar-refractivity contribution in [3.05, 3.63) is 47.7 Å². The van der Waals surface area contributed by atoms with Gasteiger partial charge in [0, 0.05) is 35.2 Å². The van der Waals surface area contributed by atoms with Crippen molar-refractivity contribution in [2.75, 3.05) is 5.32 Å². The van der Waals surface area contributed by atoms with E-state index in [0.717, 1.165) is 49.4 Å². The summed E-state index contributed by atoms with van der Waals surface area (Å²) in [6, 6.07) is 3.77. The number of aliphatic hydroxyl groups is 1. The van der Waals surface area contributed by atoms with Crippen molar-refractivity contribution in [1.82, 2.24) is 19.7 Å². The maximum atomic E-state index is 12.8. The first-order valence-corrected chi connectivity index (χ1v) is 11.8. The molecule has 2 heterocycles. The number of benzene rings is 1. The van der Waals surface area contributed by atoms with Gasteiger partial charge in [-0.2, -0.15) is 18.3 Å². The van der Waals surface area contributed by atoms with Crippen LogP contribution in [-0.4, -0.2) is 30.8 Å². The van der Waals surface area contributed by atoms with Gasteiger partial charge < -0.3 is 10.4 Å². The number of carbonyl (C=O) groups is 1. The summed E-state index contributed by atoms with van der Waals surface area (Å²) in [5.41, 5.74) is 0.0614. The van der Waals surface area contributed by atoms with Gasteiger partial charge in [0.2, 0.25) is 5.82 Å². The van der Waals surface area contributed by atoms with Gasteiger partial charge in [-0.05, 0) is 63.5 Å². The SMILES string of the molecule is CC(C)[C@H]1CC[C@H](n2cc3cc(NC(=O)c4cnc(C(F)(F)F)nc4)c(C(C)(C)O)cc3n2)CC1. The summed E-state index contributed by atoms with van der Waals surface area (Å²) < 4.78 is 40.2. The number of nitrogens with zero attached hydrogens (tertiary/aromatic N) is 4. The van der Waals surface area contributed by atoms with Crippen LogP contribution in [0, 0.1) is 11.8 Å². The molecular weight excluding hydrogens is 459 g/mol. The van der Waals surface area contributed by atoms with Crippen molar-refractivity contribution < 1.29 is 23.1 Å². The topological polar surface area (TPSA) is 92.9 Å². The minimum atomic E-state index is -4.69. The van der Waals surface area contributed by atoms with E-state index in [9.17, 15) is 23.1 Å². The normalized spacial score (nSPS) is 19.3. The smallest absolute Gasteiger partial charge is 0.386 e. The molecule has 2 aromatic heterocycles. The predicted octanol–water partition coefficient (Wildman–Crippen LogP) is 5.71. The van der Waals surface area contributed by atoms with E-state index in [1.807, 2.05) is 10.9 Å². The summed E-state index contributed by atoms with van der Waals surface area (Å²) in [7, 11) is 0. The molecule has 10 heteroatoms. The molecular formula is C25H30F3N5O2. The Morgan fingerprint density at radius 2 is 1.74 bits per heavy atom. The third kappa shape index (κ3) is 5.47. The third-order valence-electron chi connectivity index (χ3n) is 6.79. The lowest BCUT2D eigenvalue weighted by atomic mass is 9.80. The quantitative estimate of drug-likeness (QED) is 0.479. The fourth-order valence-electron chi connectivity index (χ4n) is 4.71. The predicted molar refractivity (Wildman–Crippen MR) is 126 cm³/mol. The number of anilines is 1. The molecule has 35 heavy (non-hydrogen) atoms. The standard InChI is InChI=1S/C25H30F3N5O2/c1-14(2)15-5-7-18(8-6-15)33-13-16-9-21(19(24(3,4)35)10-20(16)32-33)31-22(34)17-11-29-23(30-12-17)25(26,27)28/h9-15,18,35H,5-8H2,1-4H3,(H,31,34)/t15-,18-. The van der Waals surface area contributed by atoms with Crippen LogP contribution in [0.1, 0.15) is 81.2 Å². The molecule has 7 nitrogen and oxygen atoms in total. The summed E-state index contributed by atoms with van der Waals surface area (Å²) in [4.78, 5) is 19.2. The Labute approximate surface area is 201 Å². The van der Waals surface area contributed by atoms with E-state index < -0.39 is 23.5 Å². The third-order valence-corrected chi connectivity index (χ3v) is 6.79. The van der Waals surface area contributed by atoms with Crippen molar-refractivity contribution in [2.45, 2.75) is 71.2 Å². The van der Waals surface area contributed by atoms with Crippen LogP contribution in [-0.2, 0) is 11.8 Å². The Balaban J connectivity index is 1.61. The molecule has 0 spiro atoms. The Bertz CT molecular complexity index is 1200. The molecule has 0 atom stereocenters. The second-order valence-electron chi connectivity index (χ2n) is 10.2. The number of alkyl halides is 3.